The van der Waals surface area contributed by atoms with Crippen molar-refractivity contribution in [3.63, 3.8) is 0 Å². The predicted molar refractivity (Wildman–Crippen MR) is 111 cm³/mol. The van der Waals surface area contributed by atoms with Crippen LogP contribution >= 0.6 is 0 Å². The number of aromatic nitrogens is 2. The SMILES string of the molecule is Cc1cccc(Oc2ccccc2NC(=O)NCCCn2nc(C)cc2C)c1. The van der Waals surface area contributed by atoms with Gasteiger partial charge in [-0.3, -0.25) is 4.68 Å². The molecule has 1 aromatic heterocycles. The molecular weight excluding hydrogens is 352 g/mol. The molecule has 2 amide bonds. The summed E-state index contributed by atoms with van der Waals surface area (Å²) in [6.07, 6.45) is 0.802. The fraction of sp³-hybridized carbons (Fsp3) is 0.273. The fourth-order valence-corrected chi connectivity index (χ4v) is 2.96. The Morgan fingerprint density at radius 1 is 1.07 bits per heavy atom. The predicted octanol–water partition coefficient (Wildman–Crippen LogP) is 4.81. The lowest BCUT2D eigenvalue weighted by atomic mass is 10.2. The van der Waals surface area contributed by atoms with Gasteiger partial charge in [0.25, 0.3) is 0 Å². The van der Waals surface area contributed by atoms with E-state index in [-0.39, 0.29) is 6.03 Å². The van der Waals surface area contributed by atoms with Gasteiger partial charge in [0.05, 0.1) is 11.4 Å². The highest BCUT2D eigenvalue weighted by atomic mass is 16.5. The topological polar surface area (TPSA) is 68.2 Å². The molecule has 0 unspecified atom stereocenters. The minimum absolute atomic E-state index is 0.256. The summed E-state index contributed by atoms with van der Waals surface area (Å²) in [4.78, 5) is 12.3. The molecule has 2 aromatic carbocycles. The number of rotatable bonds is 7. The van der Waals surface area contributed by atoms with Gasteiger partial charge in [0.1, 0.15) is 5.75 Å². The second kappa shape index (κ2) is 9.08. The lowest BCUT2D eigenvalue weighted by Crippen LogP contribution is -2.30. The van der Waals surface area contributed by atoms with Crippen LogP contribution in [0.4, 0.5) is 10.5 Å². The van der Waals surface area contributed by atoms with E-state index in [2.05, 4.69) is 15.7 Å². The third-order valence-corrected chi connectivity index (χ3v) is 4.29. The van der Waals surface area contributed by atoms with Crippen molar-refractivity contribution in [2.24, 2.45) is 0 Å². The quantitative estimate of drug-likeness (QED) is 0.580. The average Bonchev–Trinajstić information content (AvgIpc) is 2.98. The van der Waals surface area contributed by atoms with Gasteiger partial charge in [-0.15, -0.1) is 0 Å². The molecule has 0 spiro atoms. The molecule has 0 aliphatic carbocycles. The van der Waals surface area contributed by atoms with Crippen LogP contribution in [0.3, 0.4) is 0 Å². The van der Waals surface area contributed by atoms with Gasteiger partial charge < -0.3 is 15.4 Å². The van der Waals surface area contributed by atoms with Crippen LogP contribution in [0.5, 0.6) is 11.5 Å². The van der Waals surface area contributed by atoms with E-state index in [9.17, 15) is 4.79 Å². The summed E-state index contributed by atoms with van der Waals surface area (Å²) >= 11 is 0. The Morgan fingerprint density at radius 3 is 2.64 bits per heavy atom. The Balaban J connectivity index is 1.52. The van der Waals surface area contributed by atoms with Gasteiger partial charge in [-0.1, -0.05) is 24.3 Å². The molecule has 3 rings (SSSR count). The first-order valence-electron chi connectivity index (χ1n) is 9.41. The van der Waals surface area contributed by atoms with Crippen LogP contribution in [0, 0.1) is 20.8 Å². The van der Waals surface area contributed by atoms with E-state index < -0.39 is 0 Å². The number of nitrogens with one attached hydrogen (secondary N) is 2. The van der Waals surface area contributed by atoms with E-state index >= 15 is 0 Å². The molecule has 146 valence electrons. The van der Waals surface area contributed by atoms with E-state index in [1.54, 1.807) is 0 Å². The molecule has 0 saturated heterocycles. The monoisotopic (exact) mass is 378 g/mol. The molecule has 0 atom stereocenters. The van der Waals surface area contributed by atoms with Crippen LogP contribution in [-0.4, -0.2) is 22.4 Å². The van der Waals surface area contributed by atoms with Gasteiger partial charge in [0.2, 0.25) is 0 Å². The number of nitrogens with zero attached hydrogens (tertiary/aromatic N) is 2. The summed E-state index contributed by atoms with van der Waals surface area (Å²) in [6, 6.07) is 17.0. The highest BCUT2D eigenvalue weighted by molar-refractivity contribution is 5.90. The number of para-hydroxylation sites is 2. The highest BCUT2D eigenvalue weighted by Gasteiger charge is 2.08. The zero-order valence-electron chi connectivity index (χ0n) is 16.5. The zero-order chi connectivity index (χ0) is 19.9. The molecule has 0 bridgehead atoms. The second-order valence-electron chi connectivity index (χ2n) is 6.80. The highest BCUT2D eigenvalue weighted by Crippen LogP contribution is 2.29. The van der Waals surface area contributed by atoms with E-state index in [0.29, 0.717) is 18.0 Å². The van der Waals surface area contributed by atoms with Crippen LogP contribution < -0.4 is 15.4 Å². The maximum Gasteiger partial charge on any atom is 0.319 e. The van der Waals surface area contributed by atoms with Gasteiger partial charge in [-0.25, -0.2) is 4.79 Å². The number of ether oxygens (including phenoxy) is 1. The summed E-state index contributed by atoms with van der Waals surface area (Å²) in [7, 11) is 0. The molecule has 28 heavy (non-hydrogen) atoms. The van der Waals surface area contributed by atoms with Crippen molar-refractivity contribution in [2.45, 2.75) is 33.7 Å². The first-order chi connectivity index (χ1) is 13.5. The van der Waals surface area contributed by atoms with E-state index in [1.165, 1.54) is 0 Å². The van der Waals surface area contributed by atoms with E-state index in [0.717, 1.165) is 35.7 Å². The van der Waals surface area contributed by atoms with Crippen LogP contribution in [0.25, 0.3) is 0 Å². The fourth-order valence-electron chi connectivity index (χ4n) is 2.96. The standard InChI is InChI=1S/C22H26N4O2/c1-16-8-6-9-19(14-16)28-21-11-5-4-10-20(21)24-22(27)23-12-7-13-26-18(3)15-17(2)25-26/h4-6,8-11,14-15H,7,12-13H2,1-3H3,(H2,23,24,27). The summed E-state index contributed by atoms with van der Waals surface area (Å²) in [5.41, 5.74) is 3.88. The maximum absolute atomic E-state index is 12.3. The molecule has 0 radical (unpaired) electrons. The molecule has 1 heterocycles. The number of hydrogen-bond acceptors (Lipinski definition) is 3. The molecule has 0 aliphatic heterocycles. The van der Waals surface area contributed by atoms with Crippen molar-refractivity contribution >= 4 is 11.7 Å². The Kier molecular flexibility index (Phi) is 6.32. The Morgan fingerprint density at radius 2 is 1.89 bits per heavy atom. The molecule has 0 saturated carbocycles. The normalized spacial score (nSPS) is 10.5. The smallest absolute Gasteiger partial charge is 0.319 e. The van der Waals surface area contributed by atoms with Crippen LogP contribution in [-0.2, 0) is 6.54 Å². The number of urea groups is 1. The largest absolute Gasteiger partial charge is 0.455 e. The second-order valence-corrected chi connectivity index (χ2v) is 6.80. The van der Waals surface area contributed by atoms with E-state index in [4.69, 9.17) is 4.74 Å². The molecule has 6 nitrogen and oxygen atoms in total. The number of benzene rings is 2. The Bertz CT molecular complexity index is 949. The molecule has 2 N–H and O–H groups in total. The van der Waals surface area contributed by atoms with E-state index in [1.807, 2.05) is 80.1 Å². The van der Waals surface area contributed by atoms with Crippen molar-refractivity contribution < 1.29 is 9.53 Å². The van der Waals surface area contributed by atoms with Crippen LogP contribution in [0.15, 0.2) is 54.6 Å². The van der Waals surface area contributed by atoms with Crippen molar-refractivity contribution in [3.05, 3.63) is 71.5 Å². The van der Waals surface area contributed by atoms with Gasteiger partial charge in [0.15, 0.2) is 5.75 Å². The van der Waals surface area contributed by atoms with Gasteiger partial charge >= 0.3 is 6.03 Å². The first-order valence-corrected chi connectivity index (χ1v) is 9.41. The number of amides is 2. The number of carbonyl (C=O) groups excluding carboxylic acids is 1. The lowest BCUT2D eigenvalue weighted by molar-refractivity contribution is 0.251. The van der Waals surface area contributed by atoms with Gasteiger partial charge in [-0.2, -0.15) is 5.10 Å². The average molecular weight is 378 g/mol. The third-order valence-electron chi connectivity index (χ3n) is 4.29. The molecular formula is C22H26N4O2. The number of aryl methyl sites for hydroxylation is 4. The van der Waals surface area contributed by atoms with Crippen LogP contribution in [0.1, 0.15) is 23.4 Å². The van der Waals surface area contributed by atoms with Crippen molar-refractivity contribution in [2.75, 3.05) is 11.9 Å². The van der Waals surface area contributed by atoms with Crippen molar-refractivity contribution in [3.8, 4) is 11.5 Å². The number of hydrogen-bond donors (Lipinski definition) is 2. The summed E-state index contributed by atoms with van der Waals surface area (Å²) in [5.74, 6) is 1.34. The molecule has 3 aromatic rings. The molecule has 6 heteroatoms. The van der Waals surface area contributed by atoms with Crippen LogP contribution in [0.2, 0.25) is 0 Å². The Labute approximate surface area is 165 Å². The minimum atomic E-state index is -0.256. The summed E-state index contributed by atoms with van der Waals surface area (Å²) < 4.78 is 7.89. The lowest BCUT2D eigenvalue weighted by Gasteiger charge is -2.13. The molecule has 0 aliphatic rings. The number of anilines is 1. The minimum Gasteiger partial charge on any atom is -0.455 e. The first kappa shape index (κ1) is 19.5. The summed E-state index contributed by atoms with van der Waals surface area (Å²) in [5, 5.41) is 10.2. The van der Waals surface area contributed by atoms with Gasteiger partial charge in [-0.05, 0) is 63.1 Å². The number of carbonyl (C=O) groups is 1. The Hall–Kier alpha value is -3.28. The molecule has 0 fully saturated rings. The maximum atomic E-state index is 12.3. The van der Waals surface area contributed by atoms with Crippen molar-refractivity contribution in [1.82, 2.24) is 15.1 Å². The zero-order valence-corrected chi connectivity index (χ0v) is 16.5. The van der Waals surface area contributed by atoms with Crippen molar-refractivity contribution in [1.29, 1.82) is 0 Å². The summed E-state index contributed by atoms with van der Waals surface area (Å²) in [6.45, 7) is 7.35. The third kappa shape index (κ3) is 5.36. The van der Waals surface area contributed by atoms with Gasteiger partial charge in [0, 0.05) is 18.8 Å².